The average molecular weight is 480 g/mol. The summed E-state index contributed by atoms with van der Waals surface area (Å²) in [5, 5.41) is 0. The van der Waals surface area contributed by atoms with E-state index in [9.17, 15) is 14.4 Å². The molecule has 0 bridgehead atoms. The molecule has 2 heterocycles. The van der Waals surface area contributed by atoms with Gasteiger partial charge in [-0.1, -0.05) is 38.2 Å². The highest BCUT2D eigenvalue weighted by Gasteiger charge is 2.59. The molecule has 0 aromatic carbocycles. The molecule has 0 N–H and O–H groups in total. The fraction of sp³-hybridized carbons (Fsp3) is 0.500. The minimum absolute atomic E-state index is 0.0298. The monoisotopic (exact) mass is 479 g/mol. The van der Waals surface area contributed by atoms with E-state index in [0.29, 0.717) is 24.2 Å². The molecule has 2 saturated carbocycles. The van der Waals surface area contributed by atoms with Crippen molar-refractivity contribution in [3.63, 3.8) is 0 Å². The number of carbonyl (C=O) groups is 3. The highest BCUT2D eigenvalue weighted by atomic mass is 16.6. The van der Waals surface area contributed by atoms with Crippen LogP contribution in [-0.4, -0.2) is 42.2 Å². The van der Waals surface area contributed by atoms with Crippen molar-refractivity contribution < 1.29 is 28.6 Å². The van der Waals surface area contributed by atoms with Crippen molar-refractivity contribution in [2.45, 2.75) is 52.6 Å². The summed E-state index contributed by atoms with van der Waals surface area (Å²) in [6, 6.07) is 3.38. The van der Waals surface area contributed by atoms with Crippen molar-refractivity contribution in [2.75, 3.05) is 13.2 Å². The van der Waals surface area contributed by atoms with Crippen LogP contribution in [0.1, 0.15) is 56.8 Å². The number of hydrogen-bond acceptors (Lipinski definition) is 7. The molecule has 1 aliphatic heterocycles. The van der Waals surface area contributed by atoms with Gasteiger partial charge in [-0.25, -0.2) is 9.59 Å². The van der Waals surface area contributed by atoms with Crippen LogP contribution in [-0.2, 0) is 23.8 Å². The standard InChI is InChI=1S/C28H33NO6/c1-18-7-10-23-27(3,22(18)9-8-20-12-15-33-25(20)31)13-11-24(28(23,4)17-34-19(2)30)35-26(32)21-6-5-14-29-16-21/h5-6,8-9,12,14,16,22-24H,1,7,10-11,13,15,17H2,2-4H3/b9-8+/t22-,23+,24-,27+,28+/m1/s1. The van der Waals surface area contributed by atoms with Crippen LogP contribution in [0.2, 0.25) is 0 Å². The summed E-state index contributed by atoms with van der Waals surface area (Å²) in [5.74, 6) is -0.972. The van der Waals surface area contributed by atoms with Gasteiger partial charge in [-0.15, -0.1) is 0 Å². The summed E-state index contributed by atoms with van der Waals surface area (Å²) >= 11 is 0. The molecular weight excluding hydrogens is 446 g/mol. The quantitative estimate of drug-likeness (QED) is 0.335. The van der Waals surface area contributed by atoms with E-state index in [1.807, 2.05) is 6.08 Å². The molecule has 0 saturated heterocycles. The van der Waals surface area contributed by atoms with Crippen molar-refractivity contribution >= 4 is 17.9 Å². The molecule has 2 aliphatic carbocycles. The lowest BCUT2D eigenvalue weighted by Crippen LogP contribution is -2.58. The first-order valence-electron chi connectivity index (χ1n) is 12.1. The third-order valence-electron chi connectivity index (χ3n) is 8.13. The summed E-state index contributed by atoms with van der Waals surface area (Å²) in [4.78, 5) is 40.7. The average Bonchev–Trinajstić information content (AvgIpc) is 3.24. The highest BCUT2D eigenvalue weighted by Crippen LogP contribution is 2.62. The number of ether oxygens (including phenoxy) is 3. The van der Waals surface area contributed by atoms with Gasteiger partial charge in [0.05, 0.1) is 11.1 Å². The second kappa shape index (κ2) is 9.80. The first-order chi connectivity index (χ1) is 16.6. The Morgan fingerprint density at radius 2 is 2.11 bits per heavy atom. The molecule has 2 fully saturated rings. The molecular formula is C28H33NO6. The number of rotatable bonds is 6. The first kappa shape index (κ1) is 24.9. The second-order valence-electron chi connectivity index (χ2n) is 10.3. The minimum Gasteiger partial charge on any atom is -0.465 e. The third-order valence-corrected chi connectivity index (χ3v) is 8.13. The smallest absolute Gasteiger partial charge is 0.339 e. The van der Waals surface area contributed by atoms with E-state index < -0.39 is 17.5 Å². The molecule has 0 amide bonds. The number of aromatic nitrogens is 1. The number of esters is 3. The number of nitrogens with zero attached hydrogens (tertiary/aromatic N) is 1. The first-order valence-corrected chi connectivity index (χ1v) is 12.1. The fourth-order valence-corrected chi connectivity index (χ4v) is 6.30. The Labute approximate surface area is 206 Å². The van der Waals surface area contributed by atoms with Crippen LogP contribution < -0.4 is 0 Å². The van der Waals surface area contributed by atoms with Crippen molar-refractivity contribution in [3.05, 3.63) is 66.0 Å². The minimum atomic E-state index is -0.588. The summed E-state index contributed by atoms with van der Waals surface area (Å²) in [7, 11) is 0. The van der Waals surface area contributed by atoms with Gasteiger partial charge in [-0.3, -0.25) is 9.78 Å². The molecule has 35 heavy (non-hydrogen) atoms. The Kier molecular flexibility index (Phi) is 6.97. The zero-order valence-electron chi connectivity index (χ0n) is 20.6. The molecule has 186 valence electrons. The Morgan fingerprint density at radius 3 is 2.77 bits per heavy atom. The van der Waals surface area contributed by atoms with Gasteiger partial charge in [0, 0.05) is 30.7 Å². The van der Waals surface area contributed by atoms with Crippen molar-refractivity contribution in [3.8, 4) is 0 Å². The fourth-order valence-electron chi connectivity index (χ4n) is 6.30. The number of allylic oxidation sites excluding steroid dienone is 2. The van der Waals surface area contributed by atoms with Gasteiger partial charge in [0.1, 0.15) is 19.3 Å². The molecule has 0 spiro atoms. The van der Waals surface area contributed by atoms with E-state index in [1.54, 1.807) is 24.4 Å². The van der Waals surface area contributed by atoms with Crippen LogP contribution in [0, 0.1) is 22.7 Å². The van der Waals surface area contributed by atoms with Crippen molar-refractivity contribution in [2.24, 2.45) is 22.7 Å². The predicted octanol–water partition coefficient (Wildman–Crippen LogP) is 4.60. The highest BCUT2D eigenvalue weighted by molar-refractivity contribution is 5.93. The van der Waals surface area contributed by atoms with E-state index >= 15 is 0 Å². The third kappa shape index (κ3) is 4.81. The van der Waals surface area contributed by atoms with Gasteiger partial charge in [-0.2, -0.15) is 0 Å². The van der Waals surface area contributed by atoms with E-state index in [4.69, 9.17) is 14.2 Å². The van der Waals surface area contributed by atoms with Crippen LogP contribution >= 0.6 is 0 Å². The predicted molar refractivity (Wildman–Crippen MR) is 129 cm³/mol. The molecule has 3 aliphatic rings. The van der Waals surface area contributed by atoms with E-state index in [2.05, 4.69) is 31.5 Å². The zero-order chi connectivity index (χ0) is 25.2. The zero-order valence-corrected chi connectivity index (χ0v) is 20.6. The molecule has 0 unspecified atom stereocenters. The summed E-state index contributed by atoms with van der Waals surface area (Å²) in [6.45, 7) is 10.5. The van der Waals surface area contributed by atoms with Gasteiger partial charge >= 0.3 is 17.9 Å². The van der Waals surface area contributed by atoms with Crippen molar-refractivity contribution in [1.29, 1.82) is 0 Å². The van der Waals surface area contributed by atoms with Gasteiger partial charge in [-0.05, 0) is 55.2 Å². The van der Waals surface area contributed by atoms with E-state index in [-0.39, 0.29) is 35.8 Å². The van der Waals surface area contributed by atoms with Gasteiger partial charge in [0.2, 0.25) is 0 Å². The van der Waals surface area contributed by atoms with Crippen LogP contribution in [0.4, 0.5) is 0 Å². The number of carbonyl (C=O) groups excluding carboxylic acids is 3. The van der Waals surface area contributed by atoms with Crippen LogP contribution in [0.25, 0.3) is 0 Å². The molecule has 4 rings (SSSR count). The van der Waals surface area contributed by atoms with Crippen molar-refractivity contribution in [1.82, 2.24) is 4.98 Å². The van der Waals surface area contributed by atoms with Gasteiger partial charge < -0.3 is 14.2 Å². The van der Waals surface area contributed by atoms with Gasteiger partial charge in [0.15, 0.2) is 0 Å². The lowest BCUT2D eigenvalue weighted by Gasteiger charge is -2.59. The summed E-state index contributed by atoms with van der Waals surface area (Å²) in [6.07, 6.45) is 11.5. The molecule has 1 aromatic heterocycles. The number of pyridine rings is 1. The topological polar surface area (TPSA) is 91.8 Å². The largest absolute Gasteiger partial charge is 0.465 e. The Bertz CT molecular complexity index is 1080. The number of cyclic esters (lactones) is 1. The van der Waals surface area contributed by atoms with Gasteiger partial charge in [0.25, 0.3) is 0 Å². The summed E-state index contributed by atoms with van der Waals surface area (Å²) < 4.78 is 16.6. The number of hydrogen-bond donors (Lipinski definition) is 0. The Morgan fingerprint density at radius 1 is 1.31 bits per heavy atom. The summed E-state index contributed by atoms with van der Waals surface area (Å²) in [5.41, 5.74) is 1.28. The molecule has 1 aromatic rings. The second-order valence-corrected chi connectivity index (χ2v) is 10.3. The lowest BCUT2D eigenvalue weighted by molar-refractivity contribution is -0.171. The molecule has 5 atom stereocenters. The lowest BCUT2D eigenvalue weighted by atomic mass is 9.46. The van der Waals surface area contributed by atoms with E-state index in [0.717, 1.165) is 24.8 Å². The number of fused-ring (bicyclic) bond motifs is 1. The van der Waals surface area contributed by atoms with Crippen LogP contribution in [0.5, 0.6) is 0 Å². The van der Waals surface area contributed by atoms with E-state index in [1.165, 1.54) is 13.1 Å². The molecule has 7 nitrogen and oxygen atoms in total. The normalized spacial score (nSPS) is 32.5. The Balaban J connectivity index is 1.64. The SMILES string of the molecule is C=C1CC[C@@H]2[C@](C)(COC(C)=O)[C@H](OC(=O)c3cccnc3)CC[C@@]2(C)[C@@H]1/C=C/C1=CCOC1=O. The molecule has 0 radical (unpaired) electrons. The maximum absolute atomic E-state index is 12.9. The van der Waals surface area contributed by atoms with Crippen LogP contribution in [0.3, 0.4) is 0 Å². The van der Waals surface area contributed by atoms with Crippen LogP contribution in [0.15, 0.2) is 60.5 Å². The molecule has 7 heteroatoms. The maximum Gasteiger partial charge on any atom is 0.339 e. The Hall–Kier alpha value is -3.22. The maximum atomic E-state index is 12.9.